The van der Waals surface area contributed by atoms with Gasteiger partial charge in [-0.2, -0.15) is 0 Å². The molecule has 1 aromatic carbocycles. The lowest BCUT2D eigenvalue weighted by Crippen LogP contribution is -2.23. The summed E-state index contributed by atoms with van der Waals surface area (Å²) < 4.78 is 11.0. The topological polar surface area (TPSA) is 60.5 Å². The minimum absolute atomic E-state index is 0.261. The molecular formula is C15H13ClN2O3. The quantitative estimate of drug-likeness (QED) is 0.946. The zero-order valence-corrected chi connectivity index (χ0v) is 11.9. The second-order valence-electron chi connectivity index (χ2n) is 4.52. The minimum Gasteiger partial charge on any atom is -0.486 e. The lowest BCUT2D eigenvalue weighted by Gasteiger charge is -2.19. The van der Waals surface area contributed by atoms with E-state index in [1.54, 1.807) is 12.3 Å². The van der Waals surface area contributed by atoms with E-state index in [4.69, 9.17) is 21.1 Å². The first kappa shape index (κ1) is 13.7. The summed E-state index contributed by atoms with van der Waals surface area (Å²) in [5.41, 5.74) is 1.28. The lowest BCUT2D eigenvalue weighted by molar-refractivity contribution is 0.0950. The highest BCUT2D eigenvalue weighted by atomic mass is 35.5. The highest BCUT2D eigenvalue weighted by molar-refractivity contribution is 6.33. The molecule has 0 fully saturated rings. The number of ether oxygens (including phenoxy) is 2. The molecule has 0 aliphatic carbocycles. The molecule has 2 aromatic rings. The number of rotatable bonds is 3. The molecule has 3 rings (SSSR count). The van der Waals surface area contributed by atoms with Crippen LogP contribution in [0.15, 0.2) is 36.7 Å². The predicted molar refractivity (Wildman–Crippen MR) is 77.8 cm³/mol. The van der Waals surface area contributed by atoms with Gasteiger partial charge >= 0.3 is 0 Å². The number of halogens is 1. The van der Waals surface area contributed by atoms with Crippen LogP contribution in [-0.4, -0.2) is 24.1 Å². The second kappa shape index (κ2) is 6.01. The molecular weight excluding hydrogens is 292 g/mol. The normalized spacial score (nSPS) is 12.8. The van der Waals surface area contributed by atoms with E-state index in [1.165, 1.54) is 6.20 Å². The summed E-state index contributed by atoms with van der Waals surface area (Å²) in [4.78, 5) is 15.9. The van der Waals surface area contributed by atoms with Crippen LogP contribution < -0.4 is 14.8 Å². The Morgan fingerprint density at radius 3 is 2.86 bits per heavy atom. The van der Waals surface area contributed by atoms with Crippen molar-refractivity contribution in [1.29, 1.82) is 0 Å². The fraction of sp³-hybridized carbons (Fsp3) is 0.200. The minimum atomic E-state index is -0.261. The average molecular weight is 305 g/mol. The molecule has 6 heteroatoms. The zero-order chi connectivity index (χ0) is 14.7. The summed E-state index contributed by atoms with van der Waals surface area (Å²) in [7, 11) is 0. The summed E-state index contributed by atoms with van der Waals surface area (Å²) in [6.45, 7) is 1.47. The first-order valence-electron chi connectivity index (χ1n) is 6.50. The van der Waals surface area contributed by atoms with Crippen LogP contribution in [0.3, 0.4) is 0 Å². The van der Waals surface area contributed by atoms with Gasteiger partial charge in [-0.25, -0.2) is 0 Å². The Morgan fingerprint density at radius 1 is 1.24 bits per heavy atom. The molecule has 21 heavy (non-hydrogen) atoms. The molecule has 1 aromatic heterocycles. The van der Waals surface area contributed by atoms with E-state index in [2.05, 4.69) is 10.3 Å². The summed E-state index contributed by atoms with van der Waals surface area (Å²) in [5.74, 6) is 1.17. The zero-order valence-electron chi connectivity index (χ0n) is 11.1. The van der Waals surface area contributed by atoms with Crippen molar-refractivity contribution in [2.75, 3.05) is 13.2 Å². The largest absolute Gasteiger partial charge is 0.486 e. The number of hydrogen-bond donors (Lipinski definition) is 1. The van der Waals surface area contributed by atoms with Crippen LogP contribution in [0.2, 0.25) is 5.02 Å². The van der Waals surface area contributed by atoms with Crippen LogP contribution in [0, 0.1) is 0 Å². The highest BCUT2D eigenvalue weighted by Gasteiger charge is 2.13. The van der Waals surface area contributed by atoms with Crippen molar-refractivity contribution in [3.8, 4) is 11.5 Å². The van der Waals surface area contributed by atoms with Crippen molar-refractivity contribution in [2.45, 2.75) is 6.54 Å². The van der Waals surface area contributed by atoms with E-state index < -0.39 is 0 Å². The molecule has 2 heterocycles. The van der Waals surface area contributed by atoms with Crippen molar-refractivity contribution >= 4 is 17.5 Å². The van der Waals surface area contributed by atoms with Crippen LogP contribution in [0.1, 0.15) is 15.9 Å². The van der Waals surface area contributed by atoms with Gasteiger partial charge in [0.2, 0.25) is 0 Å². The molecule has 5 nitrogen and oxygen atoms in total. The summed E-state index contributed by atoms with van der Waals surface area (Å²) in [5, 5.41) is 3.18. The fourth-order valence-electron chi connectivity index (χ4n) is 2.02. The number of fused-ring (bicyclic) bond motifs is 1. The fourth-order valence-corrected chi connectivity index (χ4v) is 2.21. The van der Waals surface area contributed by atoms with Gasteiger partial charge < -0.3 is 14.8 Å². The van der Waals surface area contributed by atoms with Crippen molar-refractivity contribution in [3.63, 3.8) is 0 Å². The van der Waals surface area contributed by atoms with Gasteiger partial charge in [-0.3, -0.25) is 9.78 Å². The van der Waals surface area contributed by atoms with E-state index in [0.29, 0.717) is 36.1 Å². The van der Waals surface area contributed by atoms with Gasteiger partial charge in [-0.15, -0.1) is 0 Å². The Hall–Kier alpha value is -2.27. The number of nitrogens with one attached hydrogen (secondary N) is 1. The molecule has 0 saturated carbocycles. The van der Waals surface area contributed by atoms with Gasteiger partial charge in [0.25, 0.3) is 5.91 Å². The molecule has 0 bridgehead atoms. The Morgan fingerprint density at radius 2 is 2.05 bits per heavy atom. The average Bonchev–Trinajstić information content (AvgIpc) is 2.53. The van der Waals surface area contributed by atoms with Gasteiger partial charge in [0, 0.05) is 18.9 Å². The van der Waals surface area contributed by atoms with E-state index in [-0.39, 0.29) is 5.91 Å². The summed E-state index contributed by atoms with van der Waals surface area (Å²) in [6.07, 6.45) is 2.99. The maximum Gasteiger partial charge on any atom is 0.254 e. The number of pyridine rings is 1. The maximum atomic E-state index is 12.0. The Balaban J connectivity index is 1.68. The number of carbonyl (C=O) groups excluding carboxylic acids is 1. The van der Waals surface area contributed by atoms with Gasteiger partial charge in [-0.1, -0.05) is 17.7 Å². The monoisotopic (exact) mass is 304 g/mol. The van der Waals surface area contributed by atoms with E-state index in [0.717, 1.165) is 11.3 Å². The molecule has 1 N–H and O–H groups in total. The van der Waals surface area contributed by atoms with E-state index >= 15 is 0 Å². The van der Waals surface area contributed by atoms with Crippen LogP contribution in [-0.2, 0) is 6.54 Å². The summed E-state index contributed by atoms with van der Waals surface area (Å²) >= 11 is 5.96. The molecule has 1 aliphatic rings. The third kappa shape index (κ3) is 3.08. The first-order chi connectivity index (χ1) is 10.2. The predicted octanol–water partition coefficient (Wildman–Crippen LogP) is 2.44. The third-order valence-electron chi connectivity index (χ3n) is 3.07. The van der Waals surface area contributed by atoms with Crippen LogP contribution >= 0.6 is 11.6 Å². The SMILES string of the molecule is O=C(NCc1ccc2c(c1)OCCO2)c1cnccc1Cl. The molecule has 0 unspecified atom stereocenters. The number of amides is 1. The Labute approximate surface area is 126 Å². The molecule has 108 valence electrons. The molecule has 1 amide bonds. The molecule has 0 radical (unpaired) electrons. The molecule has 0 atom stereocenters. The van der Waals surface area contributed by atoms with Gasteiger partial charge in [0.05, 0.1) is 10.6 Å². The van der Waals surface area contributed by atoms with Crippen molar-refractivity contribution < 1.29 is 14.3 Å². The third-order valence-corrected chi connectivity index (χ3v) is 3.40. The number of benzene rings is 1. The maximum absolute atomic E-state index is 12.0. The van der Waals surface area contributed by atoms with Crippen LogP contribution in [0.25, 0.3) is 0 Å². The van der Waals surface area contributed by atoms with Crippen LogP contribution in [0.4, 0.5) is 0 Å². The standard InChI is InChI=1S/C15H13ClN2O3/c16-12-3-4-17-9-11(12)15(19)18-8-10-1-2-13-14(7-10)21-6-5-20-13/h1-4,7,9H,5-6,8H2,(H,18,19). The Bertz CT molecular complexity index is 676. The first-order valence-corrected chi connectivity index (χ1v) is 6.88. The van der Waals surface area contributed by atoms with Gasteiger partial charge in [-0.05, 0) is 23.8 Å². The Kier molecular flexibility index (Phi) is 3.92. The van der Waals surface area contributed by atoms with Gasteiger partial charge in [0.1, 0.15) is 13.2 Å². The molecule has 1 aliphatic heterocycles. The number of nitrogens with zero attached hydrogens (tertiary/aromatic N) is 1. The number of aromatic nitrogens is 1. The lowest BCUT2D eigenvalue weighted by atomic mass is 10.2. The highest BCUT2D eigenvalue weighted by Crippen LogP contribution is 2.30. The van der Waals surface area contributed by atoms with Crippen LogP contribution in [0.5, 0.6) is 11.5 Å². The number of hydrogen-bond acceptors (Lipinski definition) is 4. The van der Waals surface area contributed by atoms with Crippen molar-refractivity contribution in [2.24, 2.45) is 0 Å². The number of carbonyl (C=O) groups is 1. The van der Waals surface area contributed by atoms with Gasteiger partial charge in [0.15, 0.2) is 11.5 Å². The molecule has 0 saturated heterocycles. The summed E-state index contributed by atoms with van der Waals surface area (Å²) in [6, 6.07) is 7.17. The van der Waals surface area contributed by atoms with E-state index in [1.807, 2.05) is 18.2 Å². The second-order valence-corrected chi connectivity index (χ2v) is 4.92. The van der Waals surface area contributed by atoms with E-state index in [9.17, 15) is 4.79 Å². The molecule has 0 spiro atoms. The van der Waals surface area contributed by atoms with Crippen molar-refractivity contribution in [1.82, 2.24) is 10.3 Å². The smallest absolute Gasteiger partial charge is 0.254 e. The van der Waals surface area contributed by atoms with Crippen molar-refractivity contribution in [3.05, 3.63) is 52.8 Å².